The highest BCUT2D eigenvalue weighted by molar-refractivity contribution is 7.10. The fourth-order valence-corrected chi connectivity index (χ4v) is 3.64. The SMILES string of the molecule is C[C@@H](NC(=O)CN1CCN(CC(=O)NC2CC2)CC1)c1cccs1. The van der Waals surface area contributed by atoms with E-state index in [-0.39, 0.29) is 17.9 Å². The molecule has 3 rings (SSSR count). The molecule has 2 amide bonds. The van der Waals surface area contributed by atoms with E-state index in [0.717, 1.165) is 39.0 Å². The van der Waals surface area contributed by atoms with E-state index in [1.165, 1.54) is 4.88 Å². The Morgan fingerprint density at radius 3 is 2.33 bits per heavy atom. The van der Waals surface area contributed by atoms with Crippen molar-refractivity contribution in [1.82, 2.24) is 20.4 Å². The van der Waals surface area contributed by atoms with Crippen molar-refractivity contribution in [1.29, 1.82) is 0 Å². The minimum Gasteiger partial charge on any atom is -0.352 e. The Morgan fingerprint density at radius 1 is 1.17 bits per heavy atom. The number of hydrogen-bond donors (Lipinski definition) is 2. The van der Waals surface area contributed by atoms with E-state index in [4.69, 9.17) is 0 Å². The molecule has 1 aromatic heterocycles. The predicted octanol–water partition coefficient (Wildman–Crippen LogP) is 0.822. The van der Waals surface area contributed by atoms with Gasteiger partial charge >= 0.3 is 0 Å². The van der Waals surface area contributed by atoms with Crippen molar-refractivity contribution < 1.29 is 9.59 Å². The van der Waals surface area contributed by atoms with E-state index < -0.39 is 0 Å². The molecule has 24 heavy (non-hydrogen) atoms. The first-order valence-corrected chi connectivity index (χ1v) is 9.55. The monoisotopic (exact) mass is 350 g/mol. The lowest BCUT2D eigenvalue weighted by atomic mass is 10.2. The van der Waals surface area contributed by atoms with Gasteiger partial charge in [-0.25, -0.2) is 0 Å². The highest BCUT2D eigenvalue weighted by Gasteiger charge is 2.25. The number of rotatable bonds is 7. The largest absolute Gasteiger partial charge is 0.352 e. The average Bonchev–Trinajstić information content (AvgIpc) is 3.17. The molecular formula is C17H26N4O2S. The Kier molecular flexibility index (Phi) is 5.86. The van der Waals surface area contributed by atoms with Crippen molar-refractivity contribution >= 4 is 23.2 Å². The van der Waals surface area contributed by atoms with Gasteiger partial charge in [0.15, 0.2) is 0 Å². The van der Waals surface area contributed by atoms with E-state index >= 15 is 0 Å². The number of carbonyl (C=O) groups is 2. The van der Waals surface area contributed by atoms with Crippen LogP contribution in [0.1, 0.15) is 30.7 Å². The number of amides is 2. The van der Waals surface area contributed by atoms with Crippen LogP contribution in [-0.4, -0.2) is 66.9 Å². The van der Waals surface area contributed by atoms with Crippen molar-refractivity contribution in [3.8, 4) is 0 Å². The summed E-state index contributed by atoms with van der Waals surface area (Å²) in [5.74, 6) is 0.198. The van der Waals surface area contributed by atoms with E-state index in [0.29, 0.717) is 19.1 Å². The van der Waals surface area contributed by atoms with Crippen LogP contribution in [0.15, 0.2) is 17.5 Å². The summed E-state index contributed by atoms with van der Waals surface area (Å²) >= 11 is 1.66. The second kappa shape index (κ2) is 8.09. The number of hydrogen-bond acceptors (Lipinski definition) is 5. The third kappa shape index (κ3) is 5.29. The normalized spacial score (nSPS) is 20.5. The van der Waals surface area contributed by atoms with E-state index in [2.05, 4.69) is 20.4 Å². The number of thiophene rings is 1. The molecule has 0 spiro atoms. The molecule has 6 nitrogen and oxygen atoms in total. The molecule has 1 aromatic rings. The highest BCUT2D eigenvalue weighted by atomic mass is 32.1. The summed E-state index contributed by atoms with van der Waals surface area (Å²) in [6.45, 7) is 6.26. The molecule has 7 heteroatoms. The Hall–Kier alpha value is -1.44. The van der Waals surface area contributed by atoms with Crippen LogP contribution in [0.4, 0.5) is 0 Å². The lowest BCUT2D eigenvalue weighted by molar-refractivity contribution is -0.125. The lowest BCUT2D eigenvalue weighted by Gasteiger charge is -2.34. The predicted molar refractivity (Wildman–Crippen MR) is 94.9 cm³/mol. The summed E-state index contributed by atoms with van der Waals surface area (Å²) in [6.07, 6.45) is 2.25. The first kappa shape index (κ1) is 17.4. The highest BCUT2D eigenvalue weighted by Crippen LogP contribution is 2.19. The summed E-state index contributed by atoms with van der Waals surface area (Å²) in [4.78, 5) is 29.5. The third-order valence-electron chi connectivity index (χ3n) is 4.49. The minimum absolute atomic E-state index is 0.0601. The van der Waals surface area contributed by atoms with Crippen LogP contribution < -0.4 is 10.6 Å². The Bertz CT molecular complexity index is 551. The van der Waals surface area contributed by atoms with Gasteiger partial charge in [0, 0.05) is 37.1 Å². The van der Waals surface area contributed by atoms with Gasteiger partial charge in [0.25, 0.3) is 0 Å². The van der Waals surface area contributed by atoms with E-state index in [1.54, 1.807) is 11.3 Å². The van der Waals surface area contributed by atoms with Gasteiger partial charge < -0.3 is 10.6 Å². The summed E-state index contributed by atoms with van der Waals surface area (Å²) in [5, 5.41) is 8.10. The first-order valence-electron chi connectivity index (χ1n) is 8.67. The number of piperazine rings is 1. The van der Waals surface area contributed by atoms with Crippen molar-refractivity contribution in [2.45, 2.75) is 31.8 Å². The summed E-state index contributed by atoms with van der Waals surface area (Å²) in [5.41, 5.74) is 0. The van der Waals surface area contributed by atoms with Gasteiger partial charge in [0.05, 0.1) is 19.1 Å². The fraction of sp³-hybridized carbons (Fsp3) is 0.647. The molecule has 1 saturated carbocycles. The van der Waals surface area contributed by atoms with Gasteiger partial charge in [-0.3, -0.25) is 19.4 Å². The first-order chi connectivity index (χ1) is 11.6. The number of nitrogens with zero attached hydrogens (tertiary/aromatic N) is 2. The van der Waals surface area contributed by atoms with Gasteiger partial charge in [-0.15, -0.1) is 11.3 Å². The topological polar surface area (TPSA) is 64.7 Å². The summed E-state index contributed by atoms with van der Waals surface area (Å²) in [6, 6.07) is 4.53. The van der Waals surface area contributed by atoms with Crippen molar-refractivity contribution in [2.24, 2.45) is 0 Å². The second-order valence-corrected chi connectivity index (χ2v) is 7.68. The molecular weight excluding hydrogens is 324 g/mol. The maximum atomic E-state index is 12.2. The van der Waals surface area contributed by atoms with E-state index in [9.17, 15) is 9.59 Å². The van der Waals surface area contributed by atoms with Crippen molar-refractivity contribution in [2.75, 3.05) is 39.3 Å². The minimum atomic E-state index is 0.0601. The van der Waals surface area contributed by atoms with E-state index in [1.807, 2.05) is 24.4 Å². The summed E-state index contributed by atoms with van der Waals surface area (Å²) in [7, 11) is 0. The maximum Gasteiger partial charge on any atom is 0.234 e. The zero-order valence-corrected chi connectivity index (χ0v) is 15.0. The third-order valence-corrected chi connectivity index (χ3v) is 5.54. The van der Waals surface area contributed by atoms with Gasteiger partial charge in [-0.2, -0.15) is 0 Å². The molecule has 1 aliphatic heterocycles. The standard InChI is InChI=1S/C17H26N4O2S/c1-13(15-3-2-10-24-15)18-16(22)11-20-6-8-21(9-7-20)12-17(23)19-14-4-5-14/h2-3,10,13-14H,4-9,11-12H2,1H3,(H,18,22)(H,19,23)/t13-/m1/s1. The smallest absolute Gasteiger partial charge is 0.234 e. The molecule has 0 unspecified atom stereocenters. The molecule has 0 aromatic carbocycles. The van der Waals surface area contributed by atoms with Crippen LogP contribution >= 0.6 is 11.3 Å². The zero-order valence-electron chi connectivity index (χ0n) is 14.2. The quantitative estimate of drug-likeness (QED) is 0.764. The molecule has 2 heterocycles. The molecule has 2 fully saturated rings. The lowest BCUT2D eigenvalue weighted by Crippen LogP contribution is -2.51. The van der Waals surface area contributed by atoms with Crippen molar-refractivity contribution in [3.05, 3.63) is 22.4 Å². The summed E-state index contributed by atoms with van der Waals surface area (Å²) < 4.78 is 0. The van der Waals surface area contributed by atoms with Crippen molar-refractivity contribution in [3.63, 3.8) is 0 Å². The molecule has 132 valence electrons. The van der Waals surface area contributed by atoms with Crippen LogP contribution in [-0.2, 0) is 9.59 Å². The molecule has 1 saturated heterocycles. The second-order valence-electron chi connectivity index (χ2n) is 6.70. The Balaban J connectivity index is 1.34. The molecule has 1 atom stereocenters. The number of carbonyl (C=O) groups excluding carboxylic acids is 2. The van der Waals surface area contributed by atoms with Crippen LogP contribution in [0.2, 0.25) is 0 Å². The fourth-order valence-electron chi connectivity index (χ4n) is 2.91. The number of nitrogens with one attached hydrogen (secondary N) is 2. The van der Waals surface area contributed by atoms with Crippen LogP contribution in [0.25, 0.3) is 0 Å². The molecule has 2 aliphatic rings. The molecule has 1 aliphatic carbocycles. The zero-order chi connectivity index (χ0) is 16.9. The molecule has 2 N–H and O–H groups in total. The van der Waals surface area contributed by atoms with Crippen LogP contribution in [0.5, 0.6) is 0 Å². The van der Waals surface area contributed by atoms with Gasteiger partial charge in [0.1, 0.15) is 0 Å². The van der Waals surface area contributed by atoms with Crippen LogP contribution in [0, 0.1) is 0 Å². The average molecular weight is 350 g/mol. The Morgan fingerprint density at radius 2 is 1.79 bits per heavy atom. The molecule has 0 radical (unpaired) electrons. The van der Waals surface area contributed by atoms with Crippen LogP contribution in [0.3, 0.4) is 0 Å². The van der Waals surface area contributed by atoms with Gasteiger partial charge in [-0.05, 0) is 31.2 Å². The van der Waals surface area contributed by atoms with Gasteiger partial charge in [-0.1, -0.05) is 6.07 Å². The van der Waals surface area contributed by atoms with Gasteiger partial charge in [0.2, 0.25) is 11.8 Å². The maximum absolute atomic E-state index is 12.2. The Labute approximate surface area is 147 Å². The molecule has 0 bridgehead atoms.